The monoisotopic (exact) mass is 682 g/mol. The Hall–Kier alpha value is 1.63. The molecule has 6 heteroatoms. The summed E-state index contributed by atoms with van der Waals surface area (Å²) in [5.41, 5.74) is 0. The van der Waals surface area contributed by atoms with Gasteiger partial charge in [0.2, 0.25) is 0 Å². The first kappa shape index (κ1) is 18.4. The Kier molecular flexibility index (Phi) is 5.12. The fourth-order valence-electron chi connectivity index (χ4n) is 2.59. The van der Waals surface area contributed by atoms with Gasteiger partial charge in [0, 0.05) is 0 Å². The van der Waals surface area contributed by atoms with Gasteiger partial charge in [0.1, 0.15) is 0 Å². The number of hydrogen-bond acceptors (Lipinski definition) is 0. The molecule has 22 heavy (non-hydrogen) atoms. The quantitative estimate of drug-likeness (QED) is 0.278. The topological polar surface area (TPSA) is 0 Å². The first-order valence-electron chi connectivity index (χ1n) is 7.35. The van der Waals surface area contributed by atoms with E-state index in [4.69, 9.17) is 0 Å². The third-order valence-electron chi connectivity index (χ3n) is 3.74. The van der Waals surface area contributed by atoms with E-state index in [0.717, 1.165) is 0 Å². The van der Waals surface area contributed by atoms with Crippen molar-refractivity contribution in [2.75, 3.05) is 0 Å². The average molecular weight is 680 g/mol. The van der Waals surface area contributed by atoms with Crippen LogP contribution in [-0.2, 0) is 0 Å². The molecule has 0 fully saturated rings. The van der Waals surface area contributed by atoms with E-state index in [2.05, 4.69) is 96.6 Å². The molecule has 3 aromatic rings. The first-order chi connectivity index (χ1) is 10.00. The normalized spacial score (nSPS) is 13.5. The zero-order valence-electron chi connectivity index (χ0n) is 13.7. The van der Waals surface area contributed by atoms with E-state index in [0.29, 0.717) is 29.0 Å². The third-order valence-corrected chi connectivity index (χ3v) is 24.7. The van der Waals surface area contributed by atoms with E-state index in [1.54, 1.807) is 26.4 Å². The van der Waals surface area contributed by atoms with Crippen LogP contribution in [0.4, 0.5) is 0 Å². The molecule has 0 amide bonds. The van der Waals surface area contributed by atoms with Gasteiger partial charge in [-0.2, -0.15) is 0 Å². The molecule has 0 saturated carbocycles. The second-order valence-corrected chi connectivity index (χ2v) is 26.0. The molecule has 0 nitrogen and oxygen atoms in total. The number of hydrogen-bond donors (Lipinski definition) is 0. The Morgan fingerprint density at radius 2 is 1.00 bits per heavy atom. The molecule has 0 unspecified atom stereocenters. The molecular formula is C16H20I2Se2Si2. The van der Waals surface area contributed by atoms with Crippen LogP contribution < -0.4 is 8.12 Å². The summed E-state index contributed by atoms with van der Waals surface area (Å²) in [6.45, 7) is 15.0. The van der Waals surface area contributed by atoms with E-state index >= 15 is 0 Å². The fraction of sp³-hybridized carbons (Fsp3) is 0.375. The van der Waals surface area contributed by atoms with Crippen LogP contribution in [0.3, 0.4) is 0 Å². The van der Waals surface area contributed by atoms with Crippen molar-refractivity contribution in [3.8, 4) is 0 Å². The van der Waals surface area contributed by atoms with E-state index in [1.807, 2.05) is 8.12 Å². The van der Waals surface area contributed by atoms with Crippen molar-refractivity contribution in [2.45, 2.75) is 39.3 Å². The van der Waals surface area contributed by atoms with Gasteiger partial charge in [-0.25, -0.2) is 0 Å². The Morgan fingerprint density at radius 1 is 0.682 bits per heavy atom. The molecule has 2 aromatic heterocycles. The molecule has 3 rings (SSSR count). The summed E-state index contributed by atoms with van der Waals surface area (Å²) in [5, 5.41) is 3.17. The van der Waals surface area contributed by atoms with Gasteiger partial charge in [-0.1, -0.05) is 0 Å². The second-order valence-electron chi connectivity index (χ2n) is 7.83. The van der Waals surface area contributed by atoms with Gasteiger partial charge in [-0.15, -0.1) is 0 Å². The molecule has 0 aliphatic carbocycles. The van der Waals surface area contributed by atoms with Gasteiger partial charge < -0.3 is 0 Å². The minimum absolute atomic E-state index is 0.567. The van der Waals surface area contributed by atoms with Crippen molar-refractivity contribution in [3.05, 3.63) is 19.3 Å². The van der Waals surface area contributed by atoms with E-state index in [9.17, 15) is 0 Å². The zero-order chi connectivity index (χ0) is 16.4. The van der Waals surface area contributed by atoms with Gasteiger partial charge >= 0.3 is 176 Å². The van der Waals surface area contributed by atoms with E-state index < -0.39 is 16.1 Å². The number of fused-ring (bicyclic) bond motifs is 2. The van der Waals surface area contributed by atoms with Crippen LogP contribution in [-0.4, -0.2) is 45.2 Å². The Labute approximate surface area is 174 Å². The standard InChI is InChI=1S/C16H20I2Se2Si2/c1-21(2,3)15-13(17)9-7-12-10(8-11(9)19-15)14(18)16(20-12)22(4,5)6/h7-8H,1-6H3. The number of halogens is 2. The molecule has 0 saturated heterocycles. The fourth-order valence-corrected chi connectivity index (χ4v) is 21.1. The van der Waals surface area contributed by atoms with Crippen LogP contribution in [0.2, 0.25) is 39.3 Å². The predicted octanol–water partition coefficient (Wildman–Crippen LogP) is 4.41. The number of rotatable bonds is 2. The molecule has 118 valence electrons. The van der Waals surface area contributed by atoms with Crippen LogP contribution in [0.1, 0.15) is 0 Å². The molecule has 0 aliphatic heterocycles. The molecule has 0 spiro atoms. The third kappa shape index (κ3) is 3.20. The molecular weight excluding hydrogens is 660 g/mol. The average Bonchev–Trinajstić information content (AvgIpc) is 2.86. The van der Waals surface area contributed by atoms with Crippen molar-refractivity contribution in [1.82, 2.24) is 0 Å². The summed E-state index contributed by atoms with van der Waals surface area (Å²) < 4.78 is 10.1. The first-order valence-corrected chi connectivity index (χ1v) is 19.9. The summed E-state index contributed by atoms with van der Waals surface area (Å²) in [5.74, 6) is 0. The summed E-state index contributed by atoms with van der Waals surface area (Å²) in [6, 6.07) is 5.13. The Bertz CT molecular complexity index is 805. The van der Waals surface area contributed by atoms with Crippen molar-refractivity contribution in [1.29, 1.82) is 0 Å². The van der Waals surface area contributed by atoms with Gasteiger partial charge in [0.25, 0.3) is 0 Å². The maximum atomic E-state index is 2.63. The summed E-state index contributed by atoms with van der Waals surface area (Å²) in [7, 11) is -2.35. The summed E-state index contributed by atoms with van der Waals surface area (Å²) in [4.78, 5) is 0. The van der Waals surface area contributed by atoms with Crippen molar-refractivity contribution in [2.24, 2.45) is 0 Å². The van der Waals surface area contributed by atoms with Gasteiger partial charge in [0.15, 0.2) is 0 Å². The van der Waals surface area contributed by atoms with Gasteiger partial charge in [-0.05, 0) is 0 Å². The van der Waals surface area contributed by atoms with Crippen LogP contribution >= 0.6 is 45.2 Å². The van der Waals surface area contributed by atoms with Crippen LogP contribution in [0, 0.1) is 7.14 Å². The van der Waals surface area contributed by atoms with Crippen molar-refractivity contribution < 1.29 is 0 Å². The molecule has 0 N–H and O–H groups in total. The van der Waals surface area contributed by atoms with Gasteiger partial charge in [0.05, 0.1) is 0 Å². The number of benzene rings is 1. The molecule has 2 heterocycles. The van der Waals surface area contributed by atoms with Crippen molar-refractivity contribution in [3.63, 3.8) is 0 Å². The SMILES string of the molecule is C[Si](C)(C)c1[se]c2cc3c(I)c([Si](C)(C)C)[se]c3cc2c1I. The van der Waals surface area contributed by atoms with E-state index in [-0.39, 0.29) is 0 Å². The molecule has 0 atom stereocenters. The van der Waals surface area contributed by atoms with Crippen LogP contribution in [0.15, 0.2) is 12.1 Å². The molecule has 0 bridgehead atoms. The molecule has 0 aliphatic rings. The maximum absolute atomic E-state index is 2.63. The van der Waals surface area contributed by atoms with Crippen LogP contribution in [0.5, 0.6) is 0 Å². The molecule has 0 radical (unpaired) electrons. The van der Waals surface area contributed by atoms with Gasteiger partial charge in [-0.3, -0.25) is 0 Å². The zero-order valence-corrected chi connectivity index (χ0v) is 23.5. The van der Waals surface area contributed by atoms with Crippen LogP contribution in [0.25, 0.3) is 19.3 Å². The van der Waals surface area contributed by atoms with Crippen molar-refractivity contribution >= 4 is 118 Å². The second kappa shape index (κ2) is 6.11. The molecule has 1 aromatic carbocycles. The minimum atomic E-state index is -1.17. The summed E-state index contributed by atoms with van der Waals surface area (Å²) in [6.07, 6.45) is 0. The predicted molar refractivity (Wildman–Crippen MR) is 127 cm³/mol. The Morgan fingerprint density at radius 3 is 1.27 bits per heavy atom. The Balaban J connectivity index is 2.34. The summed E-state index contributed by atoms with van der Waals surface area (Å²) >= 11 is 6.40. The van der Waals surface area contributed by atoms with E-state index in [1.165, 1.54) is 0 Å².